The quantitative estimate of drug-likeness (QED) is 0.626. The topological polar surface area (TPSA) is 87.7 Å². The van der Waals surface area contributed by atoms with Crippen LogP contribution < -0.4 is 15.4 Å². The van der Waals surface area contributed by atoms with Crippen molar-refractivity contribution < 1.29 is 23.5 Å². The highest BCUT2D eigenvalue weighted by Gasteiger charge is 2.35. The molecule has 2 N–H and O–H groups in total. The lowest BCUT2D eigenvalue weighted by molar-refractivity contribution is -0.127. The molecule has 1 aliphatic rings. The van der Waals surface area contributed by atoms with E-state index >= 15 is 0 Å². The Labute approximate surface area is 154 Å². The van der Waals surface area contributed by atoms with Gasteiger partial charge >= 0.3 is 6.03 Å². The van der Waals surface area contributed by atoms with Gasteiger partial charge in [-0.25, -0.2) is 14.1 Å². The third kappa shape index (κ3) is 4.12. The zero-order valence-corrected chi connectivity index (χ0v) is 14.4. The number of hydrogen-bond acceptors (Lipinski definition) is 4. The third-order valence-electron chi connectivity index (χ3n) is 3.82. The molecular weight excluding hydrogens is 353 g/mol. The molecule has 0 spiro atoms. The van der Waals surface area contributed by atoms with Crippen molar-refractivity contribution in [3.05, 3.63) is 65.6 Å². The number of carbonyl (C=O) groups excluding carboxylic acids is 3. The lowest BCUT2D eigenvalue weighted by Gasteiger charge is -2.12. The van der Waals surface area contributed by atoms with Crippen molar-refractivity contribution in [3.8, 4) is 5.75 Å². The number of carbonyl (C=O) groups is 3. The number of ether oxygens (including phenoxy) is 1. The van der Waals surface area contributed by atoms with Gasteiger partial charge in [0.25, 0.3) is 5.91 Å². The Balaban J connectivity index is 1.71. The Hall–Kier alpha value is -3.68. The van der Waals surface area contributed by atoms with E-state index in [9.17, 15) is 18.8 Å². The van der Waals surface area contributed by atoms with E-state index in [0.29, 0.717) is 11.3 Å². The first-order chi connectivity index (χ1) is 13.0. The van der Waals surface area contributed by atoms with Crippen LogP contribution in [0.3, 0.4) is 0 Å². The van der Waals surface area contributed by atoms with Crippen molar-refractivity contribution in [2.45, 2.75) is 0 Å². The predicted molar refractivity (Wildman–Crippen MR) is 96.2 cm³/mol. The van der Waals surface area contributed by atoms with Gasteiger partial charge in [0, 0.05) is 0 Å². The Kier molecular flexibility index (Phi) is 5.16. The zero-order chi connectivity index (χ0) is 19.4. The number of methoxy groups -OCH3 is 1. The van der Waals surface area contributed by atoms with Crippen LogP contribution in [0.4, 0.5) is 14.9 Å². The maximum atomic E-state index is 13.6. The SMILES string of the molecule is COc1cccc(/C=C2/NC(=O)N(CC(=O)Nc3ccccc3F)C2=O)c1. The van der Waals surface area contributed by atoms with E-state index in [1.807, 2.05) is 0 Å². The summed E-state index contributed by atoms with van der Waals surface area (Å²) in [7, 11) is 1.52. The first-order valence-corrected chi connectivity index (χ1v) is 8.01. The zero-order valence-electron chi connectivity index (χ0n) is 14.4. The highest BCUT2D eigenvalue weighted by Crippen LogP contribution is 2.18. The van der Waals surface area contributed by atoms with Crippen LogP contribution >= 0.6 is 0 Å². The average molecular weight is 369 g/mol. The van der Waals surface area contributed by atoms with Crippen LogP contribution in [0.25, 0.3) is 6.08 Å². The third-order valence-corrected chi connectivity index (χ3v) is 3.82. The molecule has 27 heavy (non-hydrogen) atoms. The standard InChI is InChI=1S/C19H16FN3O4/c1-27-13-6-4-5-12(9-13)10-16-18(25)23(19(26)22-16)11-17(24)21-15-8-3-2-7-14(15)20/h2-10H,11H2,1H3,(H,21,24)(H,22,26)/b16-10+. The lowest BCUT2D eigenvalue weighted by Crippen LogP contribution is -2.38. The summed E-state index contributed by atoms with van der Waals surface area (Å²) in [4.78, 5) is 37.3. The molecule has 2 aromatic carbocycles. The summed E-state index contributed by atoms with van der Waals surface area (Å²) < 4.78 is 18.7. The molecule has 7 nitrogen and oxygen atoms in total. The minimum atomic E-state index is -0.724. The summed E-state index contributed by atoms with van der Waals surface area (Å²) in [5.41, 5.74) is 0.657. The Morgan fingerprint density at radius 1 is 1.22 bits per heavy atom. The highest BCUT2D eigenvalue weighted by molar-refractivity contribution is 6.15. The Morgan fingerprint density at radius 3 is 2.74 bits per heavy atom. The molecule has 2 aromatic rings. The van der Waals surface area contributed by atoms with E-state index in [4.69, 9.17) is 4.74 Å². The molecule has 0 atom stereocenters. The molecule has 0 unspecified atom stereocenters. The molecule has 138 valence electrons. The Morgan fingerprint density at radius 2 is 2.00 bits per heavy atom. The second kappa shape index (κ2) is 7.69. The van der Waals surface area contributed by atoms with Crippen molar-refractivity contribution in [3.63, 3.8) is 0 Å². The smallest absolute Gasteiger partial charge is 0.329 e. The second-order valence-electron chi connectivity index (χ2n) is 5.68. The molecule has 0 saturated carbocycles. The molecule has 0 aromatic heterocycles. The minimum absolute atomic E-state index is 0.0262. The molecule has 3 rings (SSSR count). The fraction of sp³-hybridized carbons (Fsp3) is 0.105. The van der Waals surface area contributed by atoms with Crippen LogP contribution in [0.15, 0.2) is 54.2 Å². The fourth-order valence-electron chi connectivity index (χ4n) is 2.51. The van der Waals surface area contributed by atoms with Gasteiger partial charge in [-0.3, -0.25) is 9.59 Å². The van der Waals surface area contributed by atoms with E-state index < -0.39 is 30.2 Å². The van der Waals surface area contributed by atoms with E-state index in [1.165, 1.54) is 31.4 Å². The maximum absolute atomic E-state index is 13.6. The van der Waals surface area contributed by atoms with Gasteiger partial charge in [-0.05, 0) is 35.9 Å². The van der Waals surface area contributed by atoms with Crippen molar-refractivity contribution in [1.29, 1.82) is 0 Å². The first kappa shape index (κ1) is 18.1. The number of anilines is 1. The molecular formula is C19H16FN3O4. The normalized spacial score (nSPS) is 15.0. The van der Waals surface area contributed by atoms with Crippen LogP contribution in [0.5, 0.6) is 5.75 Å². The molecule has 0 radical (unpaired) electrons. The van der Waals surface area contributed by atoms with Crippen LogP contribution in [0.2, 0.25) is 0 Å². The summed E-state index contributed by atoms with van der Waals surface area (Å²) in [5, 5.41) is 4.76. The Bertz CT molecular complexity index is 942. The average Bonchev–Trinajstić information content (AvgIpc) is 2.91. The molecule has 0 aliphatic carbocycles. The molecule has 0 bridgehead atoms. The van der Waals surface area contributed by atoms with Crippen LogP contribution in [0.1, 0.15) is 5.56 Å². The van der Waals surface area contributed by atoms with Gasteiger partial charge in [0.05, 0.1) is 12.8 Å². The molecule has 1 heterocycles. The molecule has 8 heteroatoms. The number of imide groups is 1. The van der Waals surface area contributed by atoms with Crippen LogP contribution in [-0.2, 0) is 9.59 Å². The summed E-state index contributed by atoms with van der Waals surface area (Å²) in [5.74, 6) is -1.35. The number of rotatable bonds is 5. The summed E-state index contributed by atoms with van der Waals surface area (Å²) >= 11 is 0. The molecule has 1 fully saturated rings. The van der Waals surface area contributed by atoms with Gasteiger partial charge in [0.1, 0.15) is 23.8 Å². The molecule has 4 amide bonds. The van der Waals surface area contributed by atoms with Crippen LogP contribution in [0, 0.1) is 5.82 Å². The number of amides is 4. The maximum Gasteiger partial charge on any atom is 0.329 e. The minimum Gasteiger partial charge on any atom is -0.497 e. The van der Waals surface area contributed by atoms with Crippen molar-refractivity contribution in [2.24, 2.45) is 0 Å². The lowest BCUT2D eigenvalue weighted by atomic mass is 10.2. The van der Waals surface area contributed by atoms with Crippen molar-refractivity contribution in [2.75, 3.05) is 19.0 Å². The number of para-hydroxylation sites is 1. The van der Waals surface area contributed by atoms with Gasteiger partial charge in [-0.15, -0.1) is 0 Å². The van der Waals surface area contributed by atoms with Gasteiger partial charge in [0.2, 0.25) is 5.91 Å². The predicted octanol–water partition coefficient (Wildman–Crippen LogP) is 2.37. The van der Waals surface area contributed by atoms with E-state index in [-0.39, 0.29) is 11.4 Å². The second-order valence-corrected chi connectivity index (χ2v) is 5.68. The summed E-state index contributed by atoms with van der Waals surface area (Å²) in [6.45, 7) is -0.533. The van der Waals surface area contributed by atoms with Gasteiger partial charge < -0.3 is 15.4 Å². The van der Waals surface area contributed by atoms with E-state index in [1.54, 1.807) is 30.3 Å². The fourth-order valence-corrected chi connectivity index (χ4v) is 2.51. The largest absolute Gasteiger partial charge is 0.497 e. The number of urea groups is 1. The highest BCUT2D eigenvalue weighted by atomic mass is 19.1. The number of hydrogen-bond donors (Lipinski definition) is 2. The van der Waals surface area contributed by atoms with Gasteiger partial charge in [-0.2, -0.15) is 0 Å². The number of nitrogens with one attached hydrogen (secondary N) is 2. The number of benzene rings is 2. The molecule has 1 saturated heterocycles. The van der Waals surface area contributed by atoms with E-state index in [0.717, 1.165) is 4.90 Å². The van der Waals surface area contributed by atoms with Crippen molar-refractivity contribution in [1.82, 2.24) is 10.2 Å². The van der Waals surface area contributed by atoms with Gasteiger partial charge in [0.15, 0.2) is 0 Å². The number of nitrogens with zero attached hydrogens (tertiary/aromatic N) is 1. The number of halogens is 1. The van der Waals surface area contributed by atoms with Crippen molar-refractivity contribution >= 4 is 29.6 Å². The monoisotopic (exact) mass is 369 g/mol. The van der Waals surface area contributed by atoms with E-state index in [2.05, 4.69) is 10.6 Å². The molecule has 1 aliphatic heterocycles. The van der Waals surface area contributed by atoms with Crippen LogP contribution in [-0.4, -0.2) is 36.4 Å². The first-order valence-electron chi connectivity index (χ1n) is 8.01. The van der Waals surface area contributed by atoms with Gasteiger partial charge in [-0.1, -0.05) is 24.3 Å². The summed E-state index contributed by atoms with van der Waals surface area (Å²) in [6, 6.07) is 11.8. The summed E-state index contributed by atoms with van der Waals surface area (Å²) in [6.07, 6.45) is 1.48.